The fourth-order valence-electron chi connectivity index (χ4n) is 1.60. The van der Waals surface area contributed by atoms with Gasteiger partial charge in [-0.3, -0.25) is 4.79 Å². The lowest BCUT2D eigenvalue weighted by molar-refractivity contribution is -0.141. The first-order valence-corrected chi connectivity index (χ1v) is 6.02. The van der Waals surface area contributed by atoms with Crippen molar-refractivity contribution in [3.63, 3.8) is 0 Å². The Balaban J connectivity index is 2.68. The molecule has 0 radical (unpaired) electrons. The lowest BCUT2D eigenvalue weighted by Gasteiger charge is -2.21. The predicted molar refractivity (Wildman–Crippen MR) is 70.7 cm³/mol. The molecule has 1 rings (SSSR count). The van der Waals surface area contributed by atoms with Gasteiger partial charge in [0.05, 0.1) is 5.92 Å². The first-order chi connectivity index (χ1) is 8.31. The topological polar surface area (TPSA) is 72.5 Å². The summed E-state index contributed by atoms with van der Waals surface area (Å²) in [5, 5.41) is 8.94. The minimum absolute atomic E-state index is 0.148. The van der Waals surface area contributed by atoms with Gasteiger partial charge in [0.1, 0.15) is 11.4 Å². The van der Waals surface area contributed by atoms with Gasteiger partial charge in [0, 0.05) is 6.54 Å². The van der Waals surface area contributed by atoms with Gasteiger partial charge in [-0.15, -0.1) is 0 Å². The van der Waals surface area contributed by atoms with Crippen LogP contribution in [0.15, 0.2) is 24.3 Å². The molecule has 4 nitrogen and oxygen atoms in total. The Kier molecular flexibility index (Phi) is 4.73. The average Bonchev–Trinajstić information content (AvgIpc) is 2.25. The molecule has 1 aromatic carbocycles. The summed E-state index contributed by atoms with van der Waals surface area (Å²) >= 11 is 0. The second-order valence-electron chi connectivity index (χ2n) is 5.33. The van der Waals surface area contributed by atoms with Crippen LogP contribution in [0.25, 0.3) is 0 Å². The minimum Gasteiger partial charge on any atom is -0.488 e. The number of carboxylic acids is 1. The Morgan fingerprint density at radius 3 is 2.28 bits per heavy atom. The largest absolute Gasteiger partial charge is 0.488 e. The Bertz CT molecular complexity index is 392. The van der Waals surface area contributed by atoms with Crippen LogP contribution in [0, 0.1) is 5.92 Å². The molecule has 0 bridgehead atoms. The van der Waals surface area contributed by atoms with Gasteiger partial charge in [0.15, 0.2) is 0 Å². The van der Waals surface area contributed by atoms with Crippen molar-refractivity contribution in [3.8, 4) is 5.75 Å². The second kappa shape index (κ2) is 5.87. The maximum Gasteiger partial charge on any atom is 0.308 e. The number of ether oxygens (including phenoxy) is 1. The summed E-state index contributed by atoms with van der Waals surface area (Å²) in [6.07, 6.45) is 0.446. The second-order valence-corrected chi connectivity index (χ2v) is 5.33. The summed E-state index contributed by atoms with van der Waals surface area (Å²) in [6.45, 7) is 6.09. The summed E-state index contributed by atoms with van der Waals surface area (Å²) in [5.74, 6) is -0.599. The van der Waals surface area contributed by atoms with Crippen molar-refractivity contribution in [2.75, 3.05) is 6.54 Å². The van der Waals surface area contributed by atoms with Crippen LogP contribution in [-0.4, -0.2) is 23.2 Å². The number of benzene rings is 1. The summed E-state index contributed by atoms with van der Waals surface area (Å²) in [7, 11) is 0. The molecule has 0 amide bonds. The van der Waals surface area contributed by atoms with Crippen molar-refractivity contribution in [1.82, 2.24) is 0 Å². The molecule has 4 heteroatoms. The Hall–Kier alpha value is -1.55. The quantitative estimate of drug-likeness (QED) is 0.840. The fourth-order valence-corrected chi connectivity index (χ4v) is 1.60. The van der Waals surface area contributed by atoms with Gasteiger partial charge >= 0.3 is 5.97 Å². The number of aliphatic carboxylic acids is 1. The zero-order chi connectivity index (χ0) is 13.8. The summed E-state index contributed by atoms with van der Waals surface area (Å²) in [6, 6.07) is 7.48. The van der Waals surface area contributed by atoms with Crippen LogP contribution in [0.2, 0.25) is 0 Å². The molecule has 3 N–H and O–H groups in total. The van der Waals surface area contributed by atoms with Crippen LogP contribution in [0.4, 0.5) is 0 Å². The highest BCUT2D eigenvalue weighted by molar-refractivity contribution is 5.70. The van der Waals surface area contributed by atoms with E-state index in [2.05, 4.69) is 0 Å². The van der Waals surface area contributed by atoms with Crippen molar-refractivity contribution >= 4 is 5.97 Å². The molecule has 100 valence electrons. The van der Waals surface area contributed by atoms with Gasteiger partial charge in [0.2, 0.25) is 0 Å². The fraction of sp³-hybridized carbons (Fsp3) is 0.500. The van der Waals surface area contributed by atoms with Gasteiger partial charge in [-0.2, -0.15) is 0 Å². The smallest absolute Gasteiger partial charge is 0.308 e. The van der Waals surface area contributed by atoms with Gasteiger partial charge in [-0.1, -0.05) is 12.1 Å². The first-order valence-electron chi connectivity index (χ1n) is 6.02. The van der Waals surface area contributed by atoms with Crippen molar-refractivity contribution in [3.05, 3.63) is 29.8 Å². The molecule has 0 aliphatic carbocycles. The molecular formula is C14H21NO3. The van der Waals surface area contributed by atoms with Gasteiger partial charge in [-0.05, 0) is 44.9 Å². The third-order valence-electron chi connectivity index (χ3n) is 2.46. The first kappa shape index (κ1) is 14.5. The Morgan fingerprint density at radius 2 is 1.89 bits per heavy atom. The highest BCUT2D eigenvalue weighted by Gasteiger charge is 2.16. The Labute approximate surface area is 108 Å². The molecule has 0 aromatic heterocycles. The third-order valence-corrected chi connectivity index (χ3v) is 2.46. The minimum atomic E-state index is -0.854. The van der Waals surface area contributed by atoms with E-state index >= 15 is 0 Å². The van der Waals surface area contributed by atoms with Crippen LogP contribution in [-0.2, 0) is 11.2 Å². The number of hydrogen-bond donors (Lipinski definition) is 2. The molecule has 0 heterocycles. The maximum absolute atomic E-state index is 10.9. The number of rotatable bonds is 5. The van der Waals surface area contributed by atoms with E-state index in [0.29, 0.717) is 6.42 Å². The molecule has 0 aliphatic heterocycles. The van der Waals surface area contributed by atoms with Crippen LogP contribution >= 0.6 is 0 Å². The van der Waals surface area contributed by atoms with Crippen molar-refractivity contribution < 1.29 is 14.6 Å². The highest BCUT2D eigenvalue weighted by Crippen LogP contribution is 2.19. The lowest BCUT2D eigenvalue weighted by Crippen LogP contribution is -2.25. The van der Waals surface area contributed by atoms with Crippen LogP contribution in [0.1, 0.15) is 26.3 Å². The van der Waals surface area contributed by atoms with E-state index in [1.807, 2.05) is 45.0 Å². The zero-order valence-corrected chi connectivity index (χ0v) is 11.1. The highest BCUT2D eigenvalue weighted by atomic mass is 16.5. The molecular weight excluding hydrogens is 230 g/mol. The van der Waals surface area contributed by atoms with E-state index < -0.39 is 11.9 Å². The van der Waals surface area contributed by atoms with Crippen molar-refractivity contribution in [2.45, 2.75) is 32.8 Å². The van der Waals surface area contributed by atoms with Crippen LogP contribution in [0.5, 0.6) is 5.75 Å². The lowest BCUT2D eigenvalue weighted by atomic mass is 9.99. The SMILES string of the molecule is CC(C)(C)Oc1ccc(CC(CN)C(=O)O)cc1. The van der Waals surface area contributed by atoms with E-state index in [4.69, 9.17) is 15.6 Å². The summed E-state index contributed by atoms with van der Waals surface area (Å²) in [4.78, 5) is 10.9. The van der Waals surface area contributed by atoms with Crippen molar-refractivity contribution in [2.24, 2.45) is 11.7 Å². The average molecular weight is 251 g/mol. The molecule has 0 saturated heterocycles. The maximum atomic E-state index is 10.9. The van der Waals surface area contributed by atoms with E-state index in [-0.39, 0.29) is 12.1 Å². The molecule has 0 saturated carbocycles. The molecule has 1 unspecified atom stereocenters. The normalized spacial score (nSPS) is 13.1. The number of carboxylic acid groups (broad SMARTS) is 1. The van der Waals surface area contributed by atoms with Gasteiger partial charge < -0.3 is 15.6 Å². The molecule has 1 atom stereocenters. The van der Waals surface area contributed by atoms with Crippen LogP contribution in [0.3, 0.4) is 0 Å². The molecule has 18 heavy (non-hydrogen) atoms. The van der Waals surface area contributed by atoms with E-state index in [0.717, 1.165) is 11.3 Å². The third kappa shape index (κ3) is 4.75. The molecule has 0 spiro atoms. The summed E-state index contributed by atoms with van der Waals surface area (Å²) < 4.78 is 5.69. The van der Waals surface area contributed by atoms with Crippen molar-refractivity contribution in [1.29, 1.82) is 0 Å². The molecule has 1 aromatic rings. The summed E-state index contributed by atoms with van der Waals surface area (Å²) in [5.41, 5.74) is 6.15. The predicted octanol–water partition coefficient (Wildman–Crippen LogP) is 2.07. The number of carbonyl (C=O) groups is 1. The number of hydrogen-bond acceptors (Lipinski definition) is 3. The molecule has 0 aliphatic rings. The van der Waals surface area contributed by atoms with E-state index in [9.17, 15) is 4.79 Å². The van der Waals surface area contributed by atoms with Gasteiger partial charge in [-0.25, -0.2) is 0 Å². The van der Waals surface area contributed by atoms with E-state index in [1.54, 1.807) is 0 Å². The standard InChI is InChI=1S/C14H21NO3/c1-14(2,3)18-12-6-4-10(5-7-12)8-11(9-15)13(16)17/h4-7,11H,8-9,15H2,1-3H3,(H,16,17). The van der Waals surface area contributed by atoms with E-state index in [1.165, 1.54) is 0 Å². The van der Waals surface area contributed by atoms with Gasteiger partial charge in [0.25, 0.3) is 0 Å². The number of nitrogens with two attached hydrogens (primary N) is 1. The zero-order valence-electron chi connectivity index (χ0n) is 11.1. The molecule has 0 fully saturated rings. The monoisotopic (exact) mass is 251 g/mol. The van der Waals surface area contributed by atoms with Crippen LogP contribution < -0.4 is 10.5 Å². The Morgan fingerprint density at radius 1 is 1.33 bits per heavy atom.